The molecule has 1 aliphatic heterocycles. The molecule has 1 aliphatic rings. The zero-order chi connectivity index (χ0) is 13.2. The Morgan fingerprint density at radius 3 is 3.00 bits per heavy atom. The second-order valence-electron chi connectivity index (χ2n) is 4.21. The first-order chi connectivity index (χ1) is 9.25. The number of halogens is 2. The predicted octanol–water partition coefficient (Wildman–Crippen LogP) is 3.72. The highest BCUT2D eigenvalue weighted by Gasteiger charge is 2.24. The lowest BCUT2D eigenvalue weighted by atomic mass is 10.0. The van der Waals surface area contributed by atoms with Crippen molar-refractivity contribution in [1.82, 2.24) is 9.97 Å². The molecule has 0 saturated carbocycles. The number of anilines is 1. The van der Waals surface area contributed by atoms with Gasteiger partial charge in [0.15, 0.2) is 0 Å². The molecule has 19 heavy (non-hydrogen) atoms. The summed E-state index contributed by atoms with van der Waals surface area (Å²) in [7, 11) is 0. The lowest BCUT2D eigenvalue weighted by Gasteiger charge is -2.27. The molecule has 1 aromatic carbocycles. The summed E-state index contributed by atoms with van der Waals surface area (Å²) < 4.78 is 5.61. The van der Waals surface area contributed by atoms with Crippen molar-refractivity contribution >= 4 is 29.0 Å². The van der Waals surface area contributed by atoms with Gasteiger partial charge in [-0.2, -0.15) is 0 Å². The summed E-state index contributed by atoms with van der Waals surface area (Å²) in [4.78, 5) is 8.01. The second kappa shape index (κ2) is 5.23. The first kappa shape index (κ1) is 12.5. The molecule has 1 atom stereocenters. The van der Waals surface area contributed by atoms with Gasteiger partial charge in [0.25, 0.3) is 0 Å². The van der Waals surface area contributed by atoms with E-state index in [9.17, 15) is 0 Å². The molecular formula is C13H11Cl2N3O. The summed E-state index contributed by atoms with van der Waals surface area (Å²) in [5, 5.41) is 4.43. The minimum atomic E-state index is 0.0786. The Morgan fingerprint density at radius 1 is 1.26 bits per heavy atom. The standard InChI is InChI=1S/C13H11Cl2N3O/c14-9-3-1-2-8-11(4-5-19-12(8)9)18-13-10(15)6-16-7-17-13/h1-3,6-7,11H,4-5H2,(H,16,17,18). The van der Waals surface area contributed by atoms with E-state index in [0.29, 0.717) is 22.5 Å². The van der Waals surface area contributed by atoms with Crippen LogP contribution in [0.15, 0.2) is 30.7 Å². The maximum Gasteiger partial charge on any atom is 0.148 e. The van der Waals surface area contributed by atoms with E-state index in [1.54, 1.807) is 6.20 Å². The number of hydrogen-bond donors (Lipinski definition) is 1. The smallest absolute Gasteiger partial charge is 0.148 e. The van der Waals surface area contributed by atoms with Gasteiger partial charge in [-0.05, 0) is 6.07 Å². The molecule has 0 saturated heterocycles. The van der Waals surface area contributed by atoms with Crippen LogP contribution < -0.4 is 10.1 Å². The van der Waals surface area contributed by atoms with Crippen molar-refractivity contribution in [3.63, 3.8) is 0 Å². The zero-order valence-electron chi connectivity index (χ0n) is 9.94. The molecule has 0 bridgehead atoms. The fourth-order valence-corrected chi connectivity index (χ4v) is 2.52. The first-order valence-electron chi connectivity index (χ1n) is 5.89. The van der Waals surface area contributed by atoms with E-state index in [2.05, 4.69) is 15.3 Å². The number of nitrogens with zero attached hydrogens (tertiary/aromatic N) is 2. The van der Waals surface area contributed by atoms with Crippen LogP contribution in [0.2, 0.25) is 10.0 Å². The molecule has 6 heteroatoms. The highest BCUT2D eigenvalue weighted by atomic mass is 35.5. The van der Waals surface area contributed by atoms with E-state index in [-0.39, 0.29) is 6.04 Å². The average Bonchev–Trinajstić information content (AvgIpc) is 2.42. The number of para-hydroxylation sites is 1. The molecule has 2 heterocycles. The van der Waals surface area contributed by atoms with Crippen LogP contribution in [0.5, 0.6) is 5.75 Å². The van der Waals surface area contributed by atoms with Gasteiger partial charge >= 0.3 is 0 Å². The molecule has 0 spiro atoms. The largest absolute Gasteiger partial charge is 0.492 e. The number of aromatic nitrogens is 2. The van der Waals surface area contributed by atoms with Crippen LogP contribution >= 0.6 is 23.2 Å². The van der Waals surface area contributed by atoms with Gasteiger partial charge in [-0.25, -0.2) is 9.97 Å². The molecule has 4 nitrogen and oxygen atoms in total. The minimum Gasteiger partial charge on any atom is -0.492 e. The molecule has 1 aromatic heterocycles. The Balaban J connectivity index is 1.92. The van der Waals surface area contributed by atoms with Crippen molar-refractivity contribution in [3.8, 4) is 5.75 Å². The van der Waals surface area contributed by atoms with Gasteiger partial charge in [0.05, 0.1) is 23.9 Å². The van der Waals surface area contributed by atoms with E-state index in [4.69, 9.17) is 27.9 Å². The number of hydrogen-bond acceptors (Lipinski definition) is 4. The Kier molecular flexibility index (Phi) is 3.44. The van der Waals surface area contributed by atoms with Gasteiger partial charge in [0, 0.05) is 12.0 Å². The number of fused-ring (bicyclic) bond motifs is 1. The first-order valence-corrected chi connectivity index (χ1v) is 6.64. The number of rotatable bonds is 2. The van der Waals surface area contributed by atoms with Crippen LogP contribution in [-0.2, 0) is 0 Å². The van der Waals surface area contributed by atoms with Crippen molar-refractivity contribution < 1.29 is 4.74 Å². The Hall–Kier alpha value is -1.52. The van der Waals surface area contributed by atoms with Crippen molar-refractivity contribution in [2.75, 3.05) is 11.9 Å². The Labute approximate surface area is 120 Å². The highest BCUT2D eigenvalue weighted by Crippen LogP contribution is 2.39. The van der Waals surface area contributed by atoms with Crippen molar-refractivity contribution in [2.45, 2.75) is 12.5 Å². The van der Waals surface area contributed by atoms with Crippen molar-refractivity contribution in [2.24, 2.45) is 0 Å². The SMILES string of the molecule is Clc1cncnc1NC1CCOc2c(Cl)cccc21. The van der Waals surface area contributed by atoms with E-state index in [1.807, 2.05) is 18.2 Å². The van der Waals surface area contributed by atoms with Crippen LogP contribution in [0.3, 0.4) is 0 Å². The maximum absolute atomic E-state index is 6.14. The van der Waals surface area contributed by atoms with Crippen LogP contribution in [0.4, 0.5) is 5.82 Å². The predicted molar refractivity (Wildman–Crippen MR) is 75.0 cm³/mol. The summed E-state index contributed by atoms with van der Waals surface area (Å²) in [5.41, 5.74) is 1.02. The van der Waals surface area contributed by atoms with Gasteiger partial charge in [0.1, 0.15) is 22.9 Å². The molecule has 0 aliphatic carbocycles. The third-order valence-corrected chi connectivity index (χ3v) is 3.58. The molecule has 1 unspecified atom stereocenters. The van der Waals surface area contributed by atoms with Crippen molar-refractivity contribution in [3.05, 3.63) is 46.3 Å². The number of ether oxygens (including phenoxy) is 1. The summed E-state index contributed by atoms with van der Waals surface area (Å²) in [6.45, 7) is 0.608. The lowest BCUT2D eigenvalue weighted by Crippen LogP contribution is -2.21. The van der Waals surface area contributed by atoms with E-state index in [0.717, 1.165) is 17.7 Å². The third kappa shape index (κ3) is 2.46. The van der Waals surface area contributed by atoms with Crippen LogP contribution in [0.25, 0.3) is 0 Å². The molecule has 1 N–H and O–H groups in total. The molecule has 2 aromatic rings. The Bertz CT molecular complexity index is 606. The monoisotopic (exact) mass is 295 g/mol. The molecule has 0 amide bonds. The second-order valence-corrected chi connectivity index (χ2v) is 5.03. The third-order valence-electron chi connectivity index (χ3n) is 3.00. The van der Waals surface area contributed by atoms with Crippen molar-refractivity contribution in [1.29, 1.82) is 0 Å². The molecular weight excluding hydrogens is 285 g/mol. The molecule has 0 radical (unpaired) electrons. The fraction of sp³-hybridized carbons (Fsp3) is 0.231. The number of nitrogens with one attached hydrogen (secondary N) is 1. The molecule has 98 valence electrons. The van der Waals surface area contributed by atoms with E-state index < -0.39 is 0 Å². The Morgan fingerprint density at radius 2 is 2.16 bits per heavy atom. The maximum atomic E-state index is 6.14. The van der Waals surface area contributed by atoms with Gasteiger partial charge in [0.2, 0.25) is 0 Å². The zero-order valence-corrected chi connectivity index (χ0v) is 11.4. The van der Waals surface area contributed by atoms with Gasteiger partial charge in [-0.3, -0.25) is 0 Å². The highest BCUT2D eigenvalue weighted by molar-refractivity contribution is 6.33. The summed E-state index contributed by atoms with van der Waals surface area (Å²) in [5.74, 6) is 1.35. The van der Waals surface area contributed by atoms with Gasteiger partial charge < -0.3 is 10.1 Å². The van der Waals surface area contributed by atoms with Crippen LogP contribution in [0.1, 0.15) is 18.0 Å². The fourth-order valence-electron chi connectivity index (χ4n) is 2.12. The van der Waals surface area contributed by atoms with E-state index in [1.165, 1.54) is 6.33 Å². The van der Waals surface area contributed by atoms with Gasteiger partial charge in [-0.15, -0.1) is 0 Å². The molecule has 0 fully saturated rings. The summed E-state index contributed by atoms with van der Waals surface area (Å²) >= 11 is 12.2. The van der Waals surface area contributed by atoms with Gasteiger partial charge in [-0.1, -0.05) is 35.3 Å². The average molecular weight is 296 g/mol. The topological polar surface area (TPSA) is 47.0 Å². The normalized spacial score (nSPS) is 17.5. The summed E-state index contributed by atoms with van der Waals surface area (Å²) in [6.07, 6.45) is 3.86. The summed E-state index contributed by atoms with van der Waals surface area (Å²) in [6, 6.07) is 5.80. The van der Waals surface area contributed by atoms with Crippen LogP contribution in [0, 0.1) is 0 Å². The minimum absolute atomic E-state index is 0.0786. The number of benzene rings is 1. The molecule has 3 rings (SSSR count). The lowest BCUT2D eigenvalue weighted by molar-refractivity contribution is 0.274. The van der Waals surface area contributed by atoms with E-state index >= 15 is 0 Å². The van der Waals surface area contributed by atoms with Crippen LogP contribution in [-0.4, -0.2) is 16.6 Å². The quantitative estimate of drug-likeness (QED) is 0.917.